The first kappa shape index (κ1) is 14.5. The van der Waals surface area contributed by atoms with Gasteiger partial charge in [-0.05, 0) is 50.8 Å². The summed E-state index contributed by atoms with van der Waals surface area (Å²) in [4.78, 5) is 4.47. The summed E-state index contributed by atoms with van der Waals surface area (Å²) < 4.78 is 12.1. The second-order valence-corrected chi connectivity index (χ2v) is 6.13. The van der Waals surface area contributed by atoms with Crippen molar-refractivity contribution in [1.29, 1.82) is 0 Å². The van der Waals surface area contributed by atoms with Gasteiger partial charge in [0.15, 0.2) is 0 Å². The summed E-state index contributed by atoms with van der Waals surface area (Å²) in [6.07, 6.45) is 4.02. The van der Waals surface area contributed by atoms with Gasteiger partial charge in [-0.1, -0.05) is 21.1 Å². The summed E-state index contributed by atoms with van der Waals surface area (Å²) in [7, 11) is 0. The molecule has 5 nitrogen and oxygen atoms in total. The molecule has 0 spiro atoms. The molecular weight excluding hydrogens is 336 g/mol. The van der Waals surface area contributed by atoms with Crippen LogP contribution in [0.2, 0.25) is 0 Å². The Labute approximate surface area is 131 Å². The molecule has 1 fully saturated rings. The van der Waals surface area contributed by atoms with Crippen LogP contribution < -0.4 is 0 Å². The van der Waals surface area contributed by atoms with Crippen molar-refractivity contribution in [2.75, 3.05) is 6.61 Å². The molecule has 1 saturated carbocycles. The monoisotopic (exact) mass is 352 g/mol. The Morgan fingerprint density at radius 2 is 2.14 bits per heavy atom. The number of aromatic nitrogens is 2. The molecule has 1 heterocycles. The van der Waals surface area contributed by atoms with Crippen LogP contribution in [0.1, 0.15) is 38.4 Å². The van der Waals surface area contributed by atoms with Gasteiger partial charge < -0.3 is 14.4 Å². The largest absolute Gasteiger partial charge is 0.507 e. The fourth-order valence-electron chi connectivity index (χ4n) is 2.85. The molecule has 1 N–H and O–H groups in total. The van der Waals surface area contributed by atoms with Gasteiger partial charge in [-0.2, -0.15) is 4.98 Å². The number of ether oxygens (including phenoxy) is 1. The summed E-state index contributed by atoms with van der Waals surface area (Å²) in [5.74, 6) is 1.01. The molecule has 0 atom stereocenters. The van der Waals surface area contributed by atoms with Crippen LogP contribution in [0.15, 0.2) is 27.2 Å². The summed E-state index contributed by atoms with van der Waals surface area (Å²) in [5.41, 5.74) is 0.0887. The molecule has 1 aliphatic rings. The van der Waals surface area contributed by atoms with Gasteiger partial charge in [0.25, 0.3) is 5.89 Å². The third-order valence-corrected chi connectivity index (χ3v) is 4.35. The minimum atomic E-state index is -0.432. The minimum absolute atomic E-state index is 0.116. The van der Waals surface area contributed by atoms with E-state index in [-0.39, 0.29) is 5.75 Å². The fourth-order valence-corrected chi connectivity index (χ4v) is 3.21. The second-order valence-electron chi connectivity index (χ2n) is 5.22. The smallest absolute Gasteiger partial charge is 0.261 e. The van der Waals surface area contributed by atoms with Gasteiger partial charge in [0, 0.05) is 11.1 Å². The van der Waals surface area contributed by atoms with Crippen molar-refractivity contribution in [3.8, 4) is 17.2 Å². The summed E-state index contributed by atoms with van der Waals surface area (Å²) in [6, 6.07) is 5.11. The molecule has 0 radical (unpaired) electrons. The molecule has 0 aliphatic heterocycles. The van der Waals surface area contributed by atoms with Crippen LogP contribution >= 0.6 is 15.9 Å². The number of phenolic OH excluding ortho intramolecular Hbond substituents is 1. The van der Waals surface area contributed by atoms with E-state index in [1.165, 1.54) is 0 Å². The first-order valence-electron chi connectivity index (χ1n) is 7.12. The molecule has 0 unspecified atom stereocenters. The Kier molecular flexibility index (Phi) is 3.99. The van der Waals surface area contributed by atoms with Crippen LogP contribution in [0.5, 0.6) is 5.75 Å². The third-order valence-electron chi connectivity index (χ3n) is 3.85. The Bertz CT molecular complexity index is 636. The highest BCUT2D eigenvalue weighted by Crippen LogP contribution is 2.41. The summed E-state index contributed by atoms with van der Waals surface area (Å²) >= 11 is 3.38. The minimum Gasteiger partial charge on any atom is -0.507 e. The average Bonchev–Trinajstić information content (AvgIpc) is 3.11. The van der Waals surface area contributed by atoms with E-state index >= 15 is 0 Å². The number of halogens is 1. The Morgan fingerprint density at radius 1 is 1.38 bits per heavy atom. The number of nitrogens with zero attached hydrogens (tertiary/aromatic N) is 2. The predicted molar refractivity (Wildman–Crippen MR) is 80.9 cm³/mol. The fraction of sp³-hybridized carbons (Fsp3) is 0.467. The number of rotatable bonds is 4. The van der Waals surface area contributed by atoms with E-state index in [1.807, 2.05) is 6.92 Å². The van der Waals surface area contributed by atoms with Crippen molar-refractivity contribution in [2.24, 2.45) is 0 Å². The number of aromatic hydroxyl groups is 1. The molecular formula is C15H17BrN2O3. The van der Waals surface area contributed by atoms with Crippen LogP contribution in [0.25, 0.3) is 11.5 Å². The van der Waals surface area contributed by atoms with Crippen LogP contribution in [-0.4, -0.2) is 21.9 Å². The number of phenols is 1. The molecule has 112 valence electrons. The van der Waals surface area contributed by atoms with Gasteiger partial charge in [0.2, 0.25) is 5.82 Å². The van der Waals surface area contributed by atoms with Gasteiger partial charge in [0.1, 0.15) is 11.4 Å². The lowest BCUT2D eigenvalue weighted by Gasteiger charge is -2.24. The first-order valence-corrected chi connectivity index (χ1v) is 7.91. The van der Waals surface area contributed by atoms with Gasteiger partial charge in [-0.3, -0.25) is 0 Å². The molecule has 0 amide bonds. The zero-order chi connectivity index (χ0) is 14.9. The normalized spacial score (nSPS) is 17.2. The lowest BCUT2D eigenvalue weighted by atomic mass is 10.0. The highest BCUT2D eigenvalue weighted by molar-refractivity contribution is 9.10. The predicted octanol–water partition coefficient (Wildman–Crippen LogP) is 4.01. The van der Waals surface area contributed by atoms with Crippen LogP contribution in [0.3, 0.4) is 0 Å². The van der Waals surface area contributed by atoms with Crippen LogP contribution in [-0.2, 0) is 10.3 Å². The Hall–Kier alpha value is -1.40. The molecule has 6 heteroatoms. The van der Waals surface area contributed by atoms with Gasteiger partial charge in [-0.15, -0.1) is 0 Å². The number of hydrogen-bond acceptors (Lipinski definition) is 5. The molecule has 1 aromatic carbocycles. The van der Waals surface area contributed by atoms with E-state index in [9.17, 15) is 5.11 Å². The van der Waals surface area contributed by atoms with E-state index in [1.54, 1.807) is 18.2 Å². The highest BCUT2D eigenvalue weighted by Gasteiger charge is 2.41. The average molecular weight is 353 g/mol. The third kappa shape index (κ3) is 2.70. The highest BCUT2D eigenvalue weighted by atomic mass is 79.9. The summed E-state index contributed by atoms with van der Waals surface area (Å²) in [6.45, 7) is 2.59. The number of hydrogen-bond donors (Lipinski definition) is 1. The van der Waals surface area contributed by atoms with E-state index in [0.717, 1.165) is 30.2 Å². The summed E-state index contributed by atoms with van der Waals surface area (Å²) in [5, 5.41) is 14.0. The first-order chi connectivity index (χ1) is 10.1. The number of benzene rings is 1. The van der Waals surface area contributed by atoms with Crippen molar-refractivity contribution < 1.29 is 14.4 Å². The quantitative estimate of drug-likeness (QED) is 0.900. The van der Waals surface area contributed by atoms with Crippen LogP contribution in [0, 0.1) is 0 Å². The van der Waals surface area contributed by atoms with E-state index < -0.39 is 5.60 Å². The Morgan fingerprint density at radius 3 is 2.86 bits per heavy atom. The van der Waals surface area contributed by atoms with Gasteiger partial charge in [-0.25, -0.2) is 0 Å². The topological polar surface area (TPSA) is 68.4 Å². The molecule has 1 aromatic heterocycles. The SMILES string of the molecule is CCOC1(c2noc(-c3cc(Br)ccc3O)n2)CCCC1. The second kappa shape index (κ2) is 5.77. The molecule has 0 bridgehead atoms. The van der Waals surface area contributed by atoms with Crippen molar-refractivity contribution in [3.05, 3.63) is 28.5 Å². The maximum atomic E-state index is 9.95. The molecule has 21 heavy (non-hydrogen) atoms. The lowest BCUT2D eigenvalue weighted by molar-refractivity contribution is -0.0469. The maximum Gasteiger partial charge on any atom is 0.261 e. The van der Waals surface area contributed by atoms with Crippen molar-refractivity contribution in [3.63, 3.8) is 0 Å². The van der Waals surface area contributed by atoms with Gasteiger partial charge >= 0.3 is 0 Å². The zero-order valence-corrected chi connectivity index (χ0v) is 13.4. The maximum absolute atomic E-state index is 9.95. The van der Waals surface area contributed by atoms with Crippen molar-refractivity contribution >= 4 is 15.9 Å². The molecule has 2 aromatic rings. The van der Waals surface area contributed by atoms with E-state index in [4.69, 9.17) is 9.26 Å². The van der Waals surface area contributed by atoms with Crippen LogP contribution in [0.4, 0.5) is 0 Å². The molecule has 0 saturated heterocycles. The molecule has 3 rings (SSSR count). The van der Waals surface area contributed by atoms with E-state index in [2.05, 4.69) is 26.1 Å². The van der Waals surface area contributed by atoms with Crippen molar-refractivity contribution in [2.45, 2.75) is 38.2 Å². The standard InChI is InChI=1S/C15H17BrN2O3/c1-2-20-15(7-3-4-8-15)14-17-13(21-18-14)11-9-10(16)5-6-12(11)19/h5-6,9,19H,2-4,7-8H2,1H3. The van der Waals surface area contributed by atoms with Crippen molar-refractivity contribution in [1.82, 2.24) is 10.1 Å². The van der Waals surface area contributed by atoms with E-state index in [0.29, 0.717) is 23.9 Å². The lowest BCUT2D eigenvalue weighted by Crippen LogP contribution is -2.27. The zero-order valence-electron chi connectivity index (χ0n) is 11.8. The van der Waals surface area contributed by atoms with Gasteiger partial charge in [0.05, 0.1) is 5.56 Å². The molecule has 1 aliphatic carbocycles. The Balaban J connectivity index is 1.97.